The molecule has 2 aromatic heterocycles. The molecule has 0 spiro atoms. The van der Waals surface area contributed by atoms with Crippen molar-refractivity contribution in [3.8, 4) is 5.95 Å². The minimum absolute atomic E-state index is 0.0905. The summed E-state index contributed by atoms with van der Waals surface area (Å²) in [6.45, 7) is 8.50. The molecule has 2 aromatic rings. The van der Waals surface area contributed by atoms with Gasteiger partial charge in [0.05, 0.1) is 0 Å². The first-order valence-electron chi connectivity index (χ1n) is 6.14. The van der Waals surface area contributed by atoms with Gasteiger partial charge in [-0.2, -0.15) is 20.1 Å². The number of anilines is 2. The highest BCUT2D eigenvalue weighted by Gasteiger charge is 2.21. The predicted molar refractivity (Wildman–Crippen MR) is 73.9 cm³/mol. The largest absolute Gasteiger partial charge is 0.368 e. The summed E-state index contributed by atoms with van der Waals surface area (Å²) in [5, 5.41) is 7.32. The van der Waals surface area contributed by atoms with Crippen LogP contribution in [0, 0.1) is 5.41 Å². The molecule has 0 amide bonds. The van der Waals surface area contributed by atoms with Crippen molar-refractivity contribution in [1.29, 1.82) is 0 Å². The van der Waals surface area contributed by atoms with Crippen molar-refractivity contribution in [3.63, 3.8) is 0 Å². The minimum atomic E-state index is 0.0905. The maximum atomic E-state index is 5.71. The smallest absolute Gasteiger partial charge is 0.257 e. The molecule has 2 rings (SSSR count). The molecule has 0 saturated heterocycles. The number of rotatable bonds is 3. The number of hydrogen-bond acceptors (Lipinski definition) is 6. The van der Waals surface area contributed by atoms with Crippen LogP contribution in [0.25, 0.3) is 5.95 Å². The zero-order chi connectivity index (χ0) is 14.0. The Kier molecular flexibility index (Phi) is 3.37. The Morgan fingerprint density at radius 1 is 1.26 bits per heavy atom. The van der Waals surface area contributed by atoms with Gasteiger partial charge in [0.25, 0.3) is 5.95 Å². The van der Waals surface area contributed by atoms with Crippen LogP contribution in [-0.2, 0) is 0 Å². The van der Waals surface area contributed by atoms with Crippen LogP contribution in [0.2, 0.25) is 0 Å². The lowest BCUT2D eigenvalue weighted by Gasteiger charge is -2.28. The molecule has 0 bridgehead atoms. The van der Waals surface area contributed by atoms with Gasteiger partial charge in [-0.25, -0.2) is 4.68 Å². The van der Waals surface area contributed by atoms with E-state index in [9.17, 15) is 0 Å². The molecule has 102 valence electrons. The van der Waals surface area contributed by atoms with Gasteiger partial charge in [-0.15, -0.1) is 0 Å². The number of nitrogen functional groups attached to an aromatic ring is 1. The van der Waals surface area contributed by atoms with Crippen molar-refractivity contribution in [2.45, 2.75) is 33.7 Å². The van der Waals surface area contributed by atoms with Crippen LogP contribution in [-0.4, -0.2) is 30.8 Å². The lowest BCUT2D eigenvalue weighted by atomic mass is 9.88. The zero-order valence-electron chi connectivity index (χ0n) is 11.6. The van der Waals surface area contributed by atoms with Gasteiger partial charge in [0.1, 0.15) is 0 Å². The number of nitrogens with one attached hydrogen (secondary N) is 1. The van der Waals surface area contributed by atoms with Gasteiger partial charge in [0, 0.05) is 18.4 Å². The van der Waals surface area contributed by atoms with E-state index in [-0.39, 0.29) is 17.4 Å². The van der Waals surface area contributed by atoms with Gasteiger partial charge in [0.15, 0.2) is 0 Å². The summed E-state index contributed by atoms with van der Waals surface area (Å²) in [5.41, 5.74) is 5.80. The molecule has 0 radical (unpaired) electrons. The van der Waals surface area contributed by atoms with Crippen molar-refractivity contribution in [2.24, 2.45) is 5.41 Å². The standard InChI is InChI=1S/C12H19N7/c1-8(12(2,3)4)15-10-16-9(13)17-11(18-10)19-7-5-6-14-19/h5-8H,1-4H3,(H3,13,15,16,17,18). The molecule has 7 nitrogen and oxygen atoms in total. The second-order valence-corrected chi connectivity index (χ2v) is 5.50. The monoisotopic (exact) mass is 261 g/mol. The van der Waals surface area contributed by atoms with E-state index in [1.165, 1.54) is 0 Å². The summed E-state index contributed by atoms with van der Waals surface area (Å²) in [5.74, 6) is 1.03. The number of nitrogens with zero attached hydrogens (tertiary/aromatic N) is 5. The zero-order valence-corrected chi connectivity index (χ0v) is 11.6. The van der Waals surface area contributed by atoms with Crippen LogP contribution in [0.1, 0.15) is 27.7 Å². The maximum Gasteiger partial charge on any atom is 0.257 e. The van der Waals surface area contributed by atoms with Gasteiger partial charge >= 0.3 is 0 Å². The molecule has 0 aliphatic rings. The van der Waals surface area contributed by atoms with Crippen molar-refractivity contribution < 1.29 is 0 Å². The molecule has 0 aromatic carbocycles. The summed E-state index contributed by atoms with van der Waals surface area (Å²) in [7, 11) is 0. The van der Waals surface area contributed by atoms with E-state index in [1.54, 1.807) is 23.1 Å². The first-order valence-corrected chi connectivity index (χ1v) is 6.14. The third kappa shape index (κ3) is 3.18. The Labute approximate surface area is 112 Å². The van der Waals surface area contributed by atoms with E-state index in [2.05, 4.69) is 53.1 Å². The van der Waals surface area contributed by atoms with Crippen LogP contribution in [0.15, 0.2) is 18.5 Å². The molecule has 0 aliphatic carbocycles. The molecule has 1 atom stereocenters. The second kappa shape index (κ2) is 4.83. The Balaban J connectivity index is 2.28. The van der Waals surface area contributed by atoms with Gasteiger partial charge < -0.3 is 11.1 Å². The molecular weight excluding hydrogens is 242 g/mol. The normalized spacial score (nSPS) is 13.3. The summed E-state index contributed by atoms with van der Waals surface area (Å²) in [4.78, 5) is 12.5. The summed E-state index contributed by atoms with van der Waals surface area (Å²) in [6, 6.07) is 1.99. The van der Waals surface area contributed by atoms with Crippen LogP contribution >= 0.6 is 0 Å². The Hall–Kier alpha value is -2.18. The predicted octanol–water partition coefficient (Wildman–Crippen LogP) is 1.49. The van der Waals surface area contributed by atoms with Crippen molar-refractivity contribution in [3.05, 3.63) is 18.5 Å². The first kappa shape index (κ1) is 13.3. The fraction of sp³-hybridized carbons (Fsp3) is 0.500. The lowest BCUT2D eigenvalue weighted by molar-refractivity contribution is 0.358. The lowest BCUT2D eigenvalue weighted by Crippen LogP contribution is -2.32. The van der Waals surface area contributed by atoms with E-state index in [4.69, 9.17) is 5.73 Å². The fourth-order valence-electron chi connectivity index (χ4n) is 1.34. The van der Waals surface area contributed by atoms with Crippen LogP contribution < -0.4 is 11.1 Å². The third-order valence-electron chi connectivity index (χ3n) is 2.99. The SMILES string of the molecule is CC(Nc1nc(N)nc(-n2cccn2)n1)C(C)(C)C. The quantitative estimate of drug-likeness (QED) is 0.869. The average molecular weight is 261 g/mol. The summed E-state index contributed by atoms with van der Waals surface area (Å²) >= 11 is 0. The van der Waals surface area contributed by atoms with Crippen molar-refractivity contribution in [1.82, 2.24) is 24.7 Å². The van der Waals surface area contributed by atoms with Crippen LogP contribution in [0.4, 0.5) is 11.9 Å². The minimum Gasteiger partial charge on any atom is -0.368 e. The molecule has 0 fully saturated rings. The molecule has 19 heavy (non-hydrogen) atoms. The van der Waals surface area contributed by atoms with Crippen molar-refractivity contribution in [2.75, 3.05) is 11.1 Å². The number of aromatic nitrogens is 5. The van der Waals surface area contributed by atoms with Gasteiger partial charge in [0.2, 0.25) is 11.9 Å². The maximum absolute atomic E-state index is 5.71. The van der Waals surface area contributed by atoms with Crippen LogP contribution in [0.5, 0.6) is 0 Å². The molecule has 0 saturated carbocycles. The third-order valence-corrected chi connectivity index (χ3v) is 2.99. The van der Waals surface area contributed by atoms with Gasteiger partial charge in [-0.3, -0.25) is 0 Å². The van der Waals surface area contributed by atoms with Crippen LogP contribution in [0.3, 0.4) is 0 Å². The highest BCUT2D eigenvalue weighted by molar-refractivity contribution is 5.35. The number of nitrogens with two attached hydrogens (primary N) is 1. The molecule has 7 heteroatoms. The van der Waals surface area contributed by atoms with E-state index in [0.29, 0.717) is 11.9 Å². The number of hydrogen-bond donors (Lipinski definition) is 2. The average Bonchev–Trinajstić information content (AvgIpc) is 2.80. The second-order valence-electron chi connectivity index (χ2n) is 5.50. The van der Waals surface area contributed by atoms with Gasteiger partial charge in [-0.05, 0) is 18.4 Å². The van der Waals surface area contributed by atoms with E-state index in [0.717, 1.165) is 0 Å². The van der Waals surface area contributed by atoms with E-state index >= 15 is 0 Å². The Bertz CT molecular complexity index is 542. The molecule has 3 N–H and O–H groups in total. The van der Waals surface area contributed by atoms with Gasteiger partial charge in [-0.1, -0.05) is 20.8 Å². The molecule has 1 unspecified atom stereocenters. The fourth-order valence-corrected chi connectivity index (χ4v) is 1.34. The molecule has 0 aliphatic heterocycles. The highest BCUT2D eigenvalue weighted by Crippen LogP contribution is 2.21. The Morgan fingerprint density at radius 2 is 2.00 bits per heavy atom. The molecular formula is C12H19N7. The summed E-state index contributed by atoms with van der Waals surface area (Å²) < 4.78 is 1.55. The Morgan fingerprint density at radius 3 is 2.58 bits per heavy atom. The van der Waals surface area contributed by atoms with Crippen molar-refractivity contribution >= 4 is 11.9 Å². The van der Waals surface area contributed by atoms with E-state index < -0.39 is 0 Å². The first-order chi connectivity index (χ1) is 8.86. The topological polar surface area (TPSA) is 94.5 Å². The highest BCUT2D eigenvalue weighted by atomic mass is 15.4. The summed E-state index contributed by atoms with van der Waals surface area (Å²) in [6.07, 6.45) is 3.41. The molecule has 2 heterocycles. The van der Waals surface area contributed by atoms with E-state index in [1.807, 2.05) is 0 Å².